The second-order valence-electron chi connectivity index (χ2n) is 7.51. The highest BCUT2D eigenvalue weighted by Gasteiger charge is 2.28. The summed E-state index contributed by atoms with van der Waals surface area (Å²) in [6.07, 6.45) is 0.931. The Balaban J connectivity index is 1.65. The maximum absolute atomic E-state index is 12.7. The van der Waals surface area contributed by atoms with Crippen LogP contribution in [-0.2, 0) is 18.3 Å². The van der Waals surface area contributed by atoms with Gasteiger partial charge in [-0.25, -0.2) is 4.79 Å². The molecule has 3 aromatic rings. The van der Waals surface area contributed by atoms with Gasteiger partial charge in [0.15, 0.2) is 15.5 Å². The molecule has 2 unspecified atom stereocenters. The van der Waals surface area contributed by atoms with Crippen LogP contribution in [0.5, 0.6) is 0 Å². The summed E-state index contributed by atoms with van der Waals surface area (Å²) in [6.45, 7) is 7.96. The molecule has 0 spiro atoms. The number of hydrogen-bond donors (Lipinski definition) is 1. The highest BCUT2D eigenvalue weighted by Crippen LogP contribution is 2.26. The van der Waals surface area contributed by atoms with Crippen LogP contribution in [0.1, 0.15) is 25.3 Å². The van der Waals surface area contributed by atoms with Crippen LogP contribution in [0, 0.1) is 6.92 Å². The van der Waals surface area contributed by atoms with Crippen molar-refractivity contribution < 1.29 is 4.74 Å². The molecule has 10 nitrogen and oxygen atoms in total. The number of rotatable bonds is 6. The number of aryl methyl sites for hydroxylation is 3. The van der Waals surface area contributed by atoms with Crippen LogP contribution >= 0.6 is 23.1 Å². The average Bonchev–Trinajstić information content (AvgIpc) is 3.26. The monoisotopic (exact) mass is 451 g/mol. The Morgan fingerprint density at radius 3 is 2.63 bits per heavy atom. The van der Waals surface area contributed by atoms with E-state index in [2.05, 4.69) is 20.1 Å². The third-order valence-electron chi connectivity index (χ3n) is 4.95. The minimum atomic E-state index is -0.463. The maximum atomic E-state index is 12.7. The Labute approximate surface area is 181 Å². The van der Waals surface area contributed by atoms with Crippen LogP contribution in [0.4, 0.5) is 5.95 Å². The number of imidazole rings is 1. The first-order valence-corrected chi connectivity index (χ1v) is 11.7. The molecule has 4 heterocycles. The zero-order valence-corrected chi connectivity index (χ0v) is 19.0. The van der Waals surface area contributed by atoms with Crippen molar-refractivity contribution in [1.29, 1.82) is 0 Å². The van der Waals surface area contributed by atoms with E-state index in [-0.39, 0.29) is 12.2 Å². The second kappa shape index (κ2) is 8.52. The number of aromatic nitrogens is 6. The molecule has 0 saturated carbocycles. The molecule has 1 saturated heterocycles. The SMILES string of the molecule is Cc1nnc(SCCCn2c(N3CC(C)OC(C)C3)nc3c2c(=O)[nH]c(=O)n3C)s1. The zero-order chi connectivity index (χ0) is 21.4. The Morgan fingerprint density at radius 2 is 1.97 bits per heavy atom. The molecular weight excluding hydrogens is 426 g/mol. The first-order chi connectivity index (χ1) is 14.3. The number of hydrogen-bond acceptors (Lipinski definition) is 9. The number of thioether (sulfide) groups is 1. The lowest BCUT2D eigenvalue weighted by Gasteiger charge is -2.36. The summed E-state index contributed by atoms with van der Waals surface area (Å²) in [5.74, 6) is 1.54. The average molecular weight is 452 g/mol. The molecule has 1 fully saturated rings. The lowest BCUT2D eigenvalue weighted by molar-refractivity contribution is -0.00588. The van der Waals surface area contributed by atoms with Gasteiger partial charge in [0.2, 0.25) is 5.95 Å². The van der Waals surface area contributed by atoms with E-state index in [4.69, 9.17) is 9.72 Å². The van der Waals surface area contributed by atoms with Gasteiger partial charge in [-0.3, -0.25) is 14.3 Å². The van der Waals surface area contributed by atoms with Crippen molar-refractivity contribution in [3.05, 3.63) is 25.8 Å². The number of ether oxygens (including phenoxy) is 1. The fourth-order valence-corrected chi connectivity index (χ4v) is 5.55. The van der Waals surface area contributed by atoms with Crippen molar-refractivity contribution in [3.63, 3.8) is 0 Å². The minimum absolute atomic E-state index is 0.0558. The lowest BCUT2D eigenvalue weighted by Crippen LogP contribution is -2.46. The summed E-state index contributed by atoms with van der Waals surface area (Å²) < 4.78 is 10.1. The number of H-pyrrole nitrogens is 1. The van der Waals surface area contributed by atoms with Gasteiger partial charge in [-0.1, -0.05) is 23.1 Å². The third-order valence-corrected chi connectivity index (χ3v) is 7.01. The number of aromatic amines is 1. The van der Waals surface area contributed by atoms with Crippen LogP contribution in [0.25, 0.3) is 11.2 Å². The first kappa shape index (κ1) is 21.1. The topological polar surface area (TPSA) is 111 Å². The molecule has 1 aliphatic heterocycles. The van der Waals surface area contributed by atoms with Gasteiger partial charge < -0.3 is 14.2 Å². The van der Waals surface area contributed by atoms with E-state index in [0.717, 1.165) is 21.5 Å². The zero-order valence-electron chi connectivity index (χ0n) is 17.4. The molecule has 12 heteroatoms. The summed E-state index contributed by atoms with van der Waals surface area (Å²) in [7, 11) is 1.62. The number of anilines is 1. The third kappa shape index (κ3) is 4.16. The first-order valence-electron chi connectivity index (χ1n) is 9.86. The van der Waals surface area contributed by atoms with Crippen molar-refractivity contribution in [3.8, 4) is 0 Å². The van der Waals surface area contributed by atoms with Crippen molar-refractivity contribution in [2.75, 3.05) is 23.7 Å². The number of nitrogens with zero attached hydrogens (tertiary/aromatic N) is 6. The summed E-state index contributed by atoms with van der Waals surface area (Å²) in [6, 6.07) is 0. The summed E-state index contributed by atoms with van der Waals surface area (Å²) >= 11 is 3.23. The largest absolute Gasteiger partial charge is 0.372 e. The summed E-state index contributed by atoms with van der Waals surface area (Å²) in [5, 5.41) is 9.13. The predicted molar refractivity (Wildman–Crippen MR) is 118 cm³/mol. The van der Waals surface area contributed by atoms with E-state index in [1.54, 1.807) is 30.1 Å². The molecular formula is C18H25N7O3S2. The van der Waals surface area contributed by atoms with Gasteiger partial charge in [0.1, 0.15) is 5.01 Å². The van der Waals surface area contributed by atoms with Gasteiger partial charge in [0, 0.05) is 32.4 Å². The molecule has 4 rings (SSSR count). The normalized spacial score (nSPS) is 19.7. The Morgan fingerprint density at radius 1 is 1.23 bits per heavy atom. The van der Waals surface area contributed by atoms with E-state index in [9.17, 15) is 9.59 Å². The van der Waals surface area contributed by atoms with Crippen LogP contribution in [-0.4, -0.2) is 60.3 Å². The Hall–Kier alpha value is -2.18. The van der Waals surface area contributed by atoms with Gasteiger partial charge >= 0.3 is 5.69 Å². The summed E-state index contributed by atoms with van der Waals surface area (Å²) in [5.41, 5.74) is -0.0446. The van der Waals surface area contributed by atoms with E-state index in [0.29, 0.717) is 36.7 Å². The minimum Gasteiger partial charge on any atom is -0.372 e. The standard InChI is InChI=1S/C18H25N7O3S2/c1-10-8-24(9-11(2)28-10)16-19-14-13(15(26)20-17(27)23(14)4)25(16)6-5-7-29-18-22-21-12(3)30-18/h10-11H,5-9H2,1-4H3,(H,20,26,27). The van der Waals surface area contributed by atoms with Gasteiger partial charge in [-0.05, 0) is 27.2 Å². The second-order valence-corrected chi connectivity index (χ2v) is 10.0. The number of nitrogens with one attached hydrogen (secondary N) is 1. The van der Waals surface area contributed by atoms with Gasteiger partial charge in [0.05, 0.1) is 12.2 Å². The van der Waals surface area contributed by atoms with E-state index >= 15 is 0 Å². The fourth-order valence-electron chi connectivity index (χ4n) is 3.74. The molecule has 1 N–H and O–H groups in total. The van der Waals surface area contributed by atoms with E-state index in [1.807, 2.05) is 25.3 Å². The molecule has 0 radical (unpaired) electrons. The molecule has 2 atom stereocenters. The van der Waals surface area contributed by atoms with E-state index in [1.165, 1.54) is 4.57 Å². The number of morpholine rings is 1. The van der Waals surface area contributed by atoms with Gasteiger partial charge in [-0.15, -0.1) is 10.2 Å². The highest BCUT2D eigenvalue weighted by atomic mass is 32.2. The van der Waals surface area contributed by atoms with Gasteiger partial charge in [0.25, 0.3) is 5.56 Å². The van der Waals surface area contributed by atoms with Crippen LogP contribution in [0.2, 0.25) is 0 Å². The fraction of sp³-hybridized carbons (Fsp3) is 0.611. The van der Waals surface area contributed by atoms with Crippen molar-refractivity contribution >= 4 is 40.2 Å². The Kier molecular flexibility index (Phi) is 5.98. The maximum Gasteiger partial charge on any atom is 0.329 e. The highest BCUT2D eigenvalue weighted by molar-refractivity contribution is 8.01. The molecule has 0 aliphatic carbocycles. The van der Waals surface area contributed by atoms with Crippen LogP contribution in [0.3, 0.4) is 0 Å². The molecule has 0 bridgehead atoms. The predicted octanol–water partition coefficient (Wildman–Crippen LogP) is 1.38. The molecule has 30 heavy (non-hydrogen) atoms. The lowest BCUT2D eigenvalue weighted by atomic mass is 10.2. The summed E-state index contributed by atoms with van der Waals surface area (Å²) in [4.78, 5) is 34.0. The number of fused-ring (bicyclic) bond motifs is 1. The molecule has 3 aromatic heterocycles. The molecule has 162 valence electrons. The molecule has 0 amide bonds. The van der Waals surface area contributed by atoms with Crippen molar-refractivity contribution in [1.82, 2.24) is 29.3 Å². The quantitative estimate of drug-likeness (QED) is 0.442. The Bertz CT molecular complexity index is 1150. The molecule has 1 aliphatic rings. The molecule has 0 aromatic carbocycles. The van der Waals surface area contributed by atoms with Crippen LogP contribution < -0.4 is 16.1 Å². The van der Waals surface area contributed by atoms with Crippen molar-refractivity contribution in [2.24, 2.45) is 7.05 Å². The van der Waals surface area contributed by atoms with Crippen LogP contribution in [0.15, 0.2) is 13.9 Å². The van der Waals surface area contributed by atoms with Gasteiger partial charge in [-0.2, -0.15) is 4.98 Å². The smallest absolute Gasteiger partial charge is 0.329 e. The van der Waals surface area contributed by atoms with Crippen molar-refractivity contribution in [2.45, 2.75) is 50.3 Å². The van der Waals surface area contributed by atoms with E-state index < -0.39 is 11.2 Å².